The summed E-state index contributed by atoms with van der Waals surface area (Å²) in [5.74, 6) is -1.12. The highest BCUT2D eigenvalue weighted by molar-refractivity contribution is 5.93. The van der Waals surface area contributed by atoms with E-state index >= 15 is 0 Å². The second kappa shape index (κ2) is 7.87. The van der Waals surface area contributed by atoms with Crippen molar-refractivity contribution in [3.8, 4) is 17.6 Å². The number of ether oxygens (including phenoxy) is 2. The minimum atomic E-state index is -3.08. The number of benzene rings is 2. The van der Waals surface area contributed by atoms with Gasteiger partial charge in [-0.15, -0.1) is 0 Å². The van der Waals surface area contributed by atoms with Gasteiger partial charge < -0.3 is 14.8 Å². The molecule has 5 nitrogen and oxygen atoms in total. The van der Waals surface area contributed by atoms with Crippen molar-refractivity contribution < 1.29 is 27.4 Å². The van der Waals surface area contributed by atoms with Crippen molar-refractivity contribution >= 4 is 11.6 Å². The summed E-state index contributed by atoms with van der Waals surface area (Å²) in [7, 11) is 0. The standard InChI is InChI=1S/C16H11F3N2O3/c17-11-2-4-12(5-3-11)23-9-15(22)21-13-7-10(8-20)1-6-14(13)24-16(18)19/h1-7,16H,9H2,(H,21,22). The van der Waals surface area contributed by atoms with Crippen LogP contribution in [-0.4, -0.2) is 19.1 Å². The zero-order chi connectivity index (χ0) is 17.5. The number of alkyl halides is 2. The summed E-state index contributed by atoms with van der Waals surface area (Å²) in [6.07, 6.45) is 0. The molecule has 0 aliphatic carbocycles. The number of amides is 1. The normalized spacial score (nSPS) is 10.1. The van der Waals surface area contributed by atoms with Crippen molar-refractivity contribution in [2.24, 2.45) is 0 Å². The van der Waals surface area contributed by atoms with Gasteiger partial charge in [0.25, 0.3) is 5.91 Å². The molecule has 0 bridgehead atoms. The lowest BCUT2D eigenvalue weighted by Crippen LogP contribution is -2.21. The van der Waals surface area contributed by atoms with Gasteiger partial charge in [-0.25, -0.2) is 4.39 Å². The van der Waals surface area contributed by atoms with Gasteiger partial charge in [0.05, 0.1) is 17.3 Å². The maximum absolute atomic E-state index is 12.8. The summed E-state index contributed by atoms with van der Waals surface area (Å²) in [4.78, 5) is 11.9. The first kappa shape index (κ1) is 17.1. The van der Waals surface area contributed by atoms with Crippen molar-refractivity contribution in [2.45, 2.75) is 6.61 Å². The number of halogens is 3. The molecular weight excluding hydrogens is 325 g/mol. The van der Waals surface area contributed by atoms with Gasteiger partial charge >= 0.3 is 6.61 Å². The SMILES string of the molecule is N#Cc1ccc(OC(F)F)c(NC(=O)COc2ccc(F)cc2)c1. The summed E-state index contributed by atoms with van der Waals surface area (Å²) >= 11 is 0. The van der Waals surface area contributed by atoms with Crippen molar-refractivity contribution in [1.29, 1.82) is 5.26 Å². The van der Waals surface area contributed by atoms with Gasteiger partial charge in [0.15, 0.2) is 6.61 Å². The van der Waals surface area contributed by atoms with Crippen LogP contribution in [-0.2, 0) is 4.79 Å². The first-order chi connectivity index (χ1) is 11.5. The average molecular weight is 336 g/mol. The van der Waals surface area contributed by atoms with E-state index in [1.54, 1.807) is 0 Å². The number of hydrogen-bond donors (Lipinski definition) is 1. The Labute approximate surface area is 135 Å². The van der Waals surface area contributed by atoms with E-state index in [2.05, 4.69) is 10.1 Å². The molecule has 0 aliphatic rings. The van der Waals surface area contributed by atoms with Crippen LogP contribution in [0.25, 0.3) is 0 Å². The van der Waals surface area contributed by atoms with Gasteiger partial charge in [-0.3, -0.25) is 4.79 Å². The monoisotopic (exact) mass is 336 g/mol. The Hall–Kier alpha value is -3.21. The Kier molecular flexibility index (Phi) is 5.63. The van der Waals surface area contributed by atoms with Crippen molar-refractivity contribution in [3.63, 3.8) is 0 Å². The second-order valence-electron chi connectivity index (χ2n) is 4.49. The summed E-state index contributed by atoms with van der Waals surface area (Å²) in [5, 5.41) is 11.2. The van der Waals surface area contributed by atoms with E-state index < -0.39 is 24.9 Å². The Morgan fingerprint density at radius 2 is 1.92 bits per heavy atom. The van der Waals surface area contributed by atoms with Gasteiger partial charge in [-0.05, 0) is 42.5 Å². The van der Waals surface area contributed by atoms with E-state index in [0.29, 0.717) is 0 Å². The number of nitriles is 1. The molecule has 24 heavy (non-hydrogen) atoms. The predicted octanol–water partition coefficient (Wildman–Crippen LogP) is 3.32. The summed E-state index contributed by atoms with van der Waals surface area (Å²) in [6.45, 7) is -3.51. The van der Waals surface area contributed by atoms with Crippen molar-refractivity contribution in [3.05, 3.63) is 53.8 Å². The quantitative estimate of drug-likeness (QED) is 0.878. The van der Waals surface area contributed by atoms with Crippen LogP contribution in [0, 0.1) is 17.1 Å². The van der Waals surface area contributed by atoms with E-state index in [1.807, 2.05) is 6.07 Å². The van der Waals surface area contributed by atoms with Crippen molar-refractivity contribution in [1.82, 2.24) is 0 Å². The summed E-state index contributed by atoms with van der Waals surface area (Å²) < 4.78 is 46.9. The van der Waals surface area contributed by atoms with E-state index in [0.717, 1.165) is 18.2 Å². The highest BCUT2D eigenvalue weighted by Crippen LogP contribution is 2.27. The lowest BCUT2D eigenvalue weighted by atomic mass is 10.2. The smallest absolute Gasteiger partial charge is 0.387 e. The molecule has 0 spiro atoms. The lowest BCUT2D eigenvalue weighted by molar-refractivity contribution is -0.118. The van der Waals surface area contributed by atoms with E-state index in [-0.39, 0.29) is 22.7 Å². The number of nitrogens with one attached hydrogen (secondary N) is 1. The fourth-order valence-electron chi connectivity index (χ4n) is 1.76. The van der Waals surface area contributed by atoms with Crippen LogP contribution in [0.3, 0.4) is 0 Å². The number of carbonyl (C=O) groups is 1. The maximum Gasteiger partial charge on any atom is 0.387 e. The molecule has 0 unspecified atom stereocenters. The van der Waals surface area contributed by atoms with Gasteiger partial charge in [0.1, 0.15) is 17.3 Å². The van der Waals surface area contributed by atoms with Crippen molar-refractivity contribution in [2.75, 3.05) is 11.9 Å². The molecule has 0 saturated carbocycles. The van der Waals surface area contributed by atoms with Gasteiger partial charge in [-0.1, -0.05) is 0 Å². The van der Waals surface area contributed by atoms with Crippen LogP contribution >= 0.6 is 0 Å². The number of carbonyl (C=O) groups excluding carboxylic acids is 1. The first-order valence-electron chi connectivity index (χ1n) is 6.65. The van der Waals surface area contributed by atoms with E-state index in [4.69, 9.17) is 10.00 Å². The van der Waals surface area contributed by atoms with Crippen LogP contribution in [0.2, 0.25) is 0 Å². The first-order valence-corrected chi connectivity index (χ1v) is 6.65. The molecule has 1 amide bonds. The molecular formula is C16H11F3N2O3. The highest BCUT2D eigenvalue weighted by Gasteiger charge is 2.13. The zero-order valence-corrected chi connectivity index (χ0v) is 12.1. The predicted molar refractivity (Wildman–Crippen MR) is 78.3 cm³/mol. The lowest BCUT2D eigenvalue weighted by Gasteiger charge is -2.12. The largest absolute Gasteiger partial charge is 0.484 e. The van der Waals surface area contributed by atoms with E-state index in [1.165, 1.54) is 24.3 Å². The van der Waals surface area contributed by atoms with Crippen LogP contribution in [0.5, 0.6) is 11.5 Å². The summed E-state index contributed by atoms with van der Waals surface area (Å²) in [5.41, 5.74) is 0.0772. The molecule has 0 fully saturated rings. The molecule has 0 aromatic heterocycles. The average Bonchev–Trinajstić information content (AvgIpc) is 2.55. The molecule has 0 radical (unpaired) electrons. The Balaban J connectivity index is 2.04. The number of rotatable bonds is 6. The fraction of sp³-hybridized carbons (Fsp3) is 0.125. The van der Waals surface area contributed by atoms with Gasteiger partial charge in [0, 0.05) is 0 Å². The third-order valence-corrected chi connectivity index (χ3v) is 2.78. The Morgan fingerprint density at radius 1 is 1.21 bits per heavy atom. The molecule has 8 heteroatoms. The second-order valence-corrected chi connectivity index (χ2v) is 4.49. The van der Waals surface area contributed by atoms with Gasteiger partial charge in [0.2, 0.25) is 0 Å². The molecule has 0 saturated heterocycles. The number of anilines is 1. The van der Waals surface area contributed by atoms with Crippen LogP contribution in [0.1, 0.15) is 5.56 Å². The van der Waals surface area contributed by atoms with Gasteiger partial charge in [-0.2, -0.15) is 14.0 Å². The van der Waals surface area contributed by atoms with Crippen LogP contribution in [0.4, 0.5) is 18.9 Å². The fourth-order valence-corrected chi connectivity index (χ4v) is 1.76. The molecule has 0 atom stereocenters. The molecule has 2 aromatic rings. The molecule has 2 rings (SSSR count). The molecule has 0 aliphatic heterocycles. The minimum Gasteiger partial charge on any atom is -0.484 e. The Morgan fingerprint density at radius 3 is 2.54 bits per heavy atom. The molecule has 1 N–H and O–H groups in total. The van der Waals surface area contributed by atoms with Crippen LogP contribution < -0.4 is 14.8 Å². The number of nitrogens with zero attached hydrogens (tertiary/aromatic N) is 1. The molecule has 124 valence electrons. The van der Waals surface area contributed by atoms with E-state index in [9.17, 15) is 18.0 Å². The molecule has 2 aromatic carbocycles. The third-order valence-electron chi connectivity index (χ3n) is 2.78. The molecule has 0 heterocycles. The number of hydrogen-bond acceptors (Lipinski definition) is 4. The summed E-state index contributed by atoms with van der Waals surface area (Å²) in [6, 6.07) is 10.5. The third kappa shape index (κ3) is 4.91. The minimum absolute atomic E-state index is 0.0814. The maximum atomic E-state index is 12.8. The van der Waals surface area contributed by atoms with Crippen LogP contribution in [0.15, 0.2) is 42.5 Å². The topological polar surface area (TPSA) is 71.3 Å². The zero-order valence-electron chi connectivity index (χ0n) is 12.1. The highest BCUT2D eigenvalue weighted by atomic mass is 19.3. The Bertz CT molecular complexity index is 758.